The lowest BCUT2D eigenvalue weighted by molar-refractivity contribution is -0.139. The number of carbonyl (C=O) groups excluding carboxylic acids is 1. The molecule has 2 atom stereocenters. The van der Waals surface area contributed by atoms with Gasteiger partial charge in [-0.1, -0.05) is 24.3 Å². The van der Waals surface area contributed by atoms with Crippen LogP contribution in [0.25, 0.3) is 0 Å². The number of aryl methyl sites for hydroxylation is 1. The Bertz CT molecular complexity index is 460. The van der Waals surface area contributed by atoms with Crippen molar-refractivity contribution in [2.45, 2.75) is 38.8 Å². The molecule has 1 rings (SSSR count). The van der Waals surface area contributed by atoms with E-state index in [2.05, 4.69) is 5.32 Å². The van der Waals surface area contributed by atoms with Gasteiger partial charge in [0.1, 0.15) is 0 Å². The summed E-state index contributed by atoms with van der Waals surface area (Å²) in [6, 6.07) is 6.85. The van der Waals surface area contributed by atoms with Crippen molar-refractivity contribution < 1.29 is 14.7 Å². The predicted octanol–water partition coefficient (Wildman–Crippen LogP) is 0.844. The van der Waals surface area contributed by atoms with Crippen molar-refractivity contribution >= 4 is 11.9 Å². The minimum atomic E-state index is -1.07. The summed E-state index contributed by atoms with van der Waals surface area (Å²) >= 11 is 0. The van der Waals surface area contributed by atoms with E-state index >= 15 is 0 Å². The topological polar surface area (TPSA) is 92.4 Å². The Morgan fingerprint density at radius 3 is 2.58 bits per heavy atom. The fraction of sp³-hybridized carbons (Fsp3) is 0.429. The lowest BCUT2D eigenvalue weighted by Crippen LogP contribution is -2.46. The van der Waals surface area contributed by atoms with Crippen LogP contribution in [0.4, 0.5) is 0 Å². The molecule has 0 aliphatic rings. The van der Waals surface area contributed by atoms with Crippen molar-refractivity contribution in [3.8, 4) is 0 Å². The van der Waals surface area contributed by atoms with Crippen molar-refractivity contribution in [3.05, 3.63) is 35.4 Å². The van der Waals surface area contributed by atoms with Crippen molar-refractivity contribution in [2.24, 2.45) is 5.73 Å². The van der Waals surface area contributed by atoms with E-state index in [4.69, 9.17) is 10.8 Å². The number of amides is 1. The molecule has 1 amide bonds. The molecule has 1 aromatic rings. The lowest BCUT2D eigenvalue weighted by Gasteiger charge is -2.17. The maximum absolute atomic E-state index is 11.7. The van der Waals surface area contributed by atoms with Crippen molar-refractivity contribution in [2.75, 3.05) is 0 Å². The molecule has 0 saturated carbocycles. The van der Waals surface area contributed by atoms with Gasteiger partial charge in [0, 0.05) is 6.04 Å². The molecule has 0 bridgehead atoms. The normalized spacial score (nSPS) is 13.6. The van der Waals surface area contributed by atoms with E-state index in [1.54, 1.807) is 0 Å². The summed E-state index contributed by atoms with van der Waals surface area (Å²) in [6.07, 6.45) is 0.334. The molecule has 4 N–H and O–H groups in total. The summed E-state index contributed by atoms with van der Waals surface area (Å²) < 4.78 is 0. The van der Waals surface area contributed by atoms with Crippen LogP contribution in [0.15, 0.2) is 24.3 Å². The first-order valence-corrected chi connectivity index (χ1v) is 6.22. The number of nitrogens with two attached hydrogens (primary N) is 1. The van der Waals surface area contributed by atoms with Gasteiger partial charge < -0.3 is 16.2 Å². The third-order valence-corrected chi connectivity index (χ3v) is 2.91. The van der Waals surface area contributed by atoms with Crippen molar-refractivity contribution in [1.82, 2.24) is 5.32 Å². The molecule has 104 valence electrons. The van der Waals surface area contributed by atoms with Gasteiger partial charge in [0.2, 0.25) is 5.91 Å². The molecule has 5 nitrogen and oxygen atoms in total. The summed E-state index contributed by atoms with van der Waals surface area (Å²) in [4.78, 5) is 22.1. The largest absolute Gasteiger partial charge is 0.481 e. The Labute approximate surface area is 112 Å². The summed E-state index contributed by atoms with van der Waals surface area (Å²) in [6.45, 7) is 3.89. The van der Waals surface area contributed by atoms with Gasteiger partial charge in [-0.15, -0.1) is 0 Å². The van der Waals surface area contributed by atoms with Crippen LogP contribution in [0.1, 0.15) is 24.5 Å². The van der Waals surface area contributed by atoms with Crippen LogP contribution in [-0.4, -0.2) is 29.1 Å². The maximum atomic E-state index is 11.7. The number of hydrogen-bond donors (Lipinski definition) is 3. The van der Waals surface area contributed by atoms with E-state index in [-0.39, 0.29) is 12.5 Å². The molecular formula is C14H20N2O3. The van der Waals surface area contributed by atoms with Crippen molar-refractivity contribution in [3.63, 3.8) is 0 Å². The number of benzene rings is 1. The number of aliphatic carboxylic acids is 1. The van der Waals surface area contributed by atoms with Gasteiger partial charge in [0.25, 0.3) is 0 Å². The van der Waals surface area contributed by atoms with Crippen LogP contribution in [0.2, 0.25) is 0 Å². The van der Waals surface area contributed by atoms with Gasteiger partial charge in [0.05, 0.1) is 12.5 Å². The average molecular weight is 264 g/mol. The Hall–Kier alpha value is -1.88. The van der Waals surface area contributed by atoms with E-state index < -0.39 is 17.9 Å². The first-order valence-electron chi connectivity index (χ1n) is 6.22. The highest BCUT2D eigenvalue weighted by Gasteiger charge is 2.18. The van der Waals surface area contributed by atoms with Gasteiger partial charge in [-0.25, -0.2) is 0 Å². The minimum absolute atomic E-state index is 0.0894. The highest BCUT2D eigenvalue weighted by Crippen LogP contribution is 2.09. The smallest absolute Gasteiger partial charge is 0.305 e. The second-order valence-electron chi connectivity index (χ2n) is 4.74. The summed E-state index contributed by atoms with van der Waals surface area (Å²) in [5.41, 5.74) is 7.82. The highest BCUT2D eigenvalue weighted by atomic mass is 16.4. The molecule has 0 aromatic heterocycles. The molecule has 0 saturated heterocycles. The van der Waals surface area contributed by atoms with E-state index in [9.17, 15) is 9.59 Å². The fourth-order valence-electron chi connectivity index (χ4n) is 1.85. The van der Waals surface area contributed by atoms with Gasteiger partial charge in [-0.05, 0) is 31.4 Å². The monoisotopic (exact) mass is 264 g/mol. The van der Waals surface area contributed by atoms with Crippen LogP contribution in [0.3, 0.4) is 0 Å². The SMILES string of the molecule is Cc1ccccc1CC(C)NC(=O)C(N)CC(=O)O. The molecule has 1 aromatic carbocycles. The Balaban J connectivity index is 2.51. The summed E-state index contributed by atoms with van der Waals surface area (Å²) in [5.74, 6) is -1.50. The Morgan fingerprint density at radius 2 is 2.00 bits per heavy atom. The molecular weight excluding hydrogens is 244 g/mol. The van der Waals surface area contributed by atoms with Crippen LogP contribution >= 0.6 is 0 Å². The van der Waals surface area contributed by atoms with Gasteiger partial charge in [-0.2, -0.15) is 0 Å². The van der Waals surface area contributed by atoms with E-state index in [1.165, 1.54) is 5.56 Å². The summed E-state index contributed by atoms with van der Waals surface area (Å²) in [7, 11) is 0. The molecule has 2 unspecified atom stereocenters. The standard InChI is InChI=1S/C14H20N2O3/c1-9-5-3-4-6-11(9)7-10(2)16-14(19)12(15)8-13(17)18/h3-6,10,12H,7-8,15H2,1-2H3,(H,16,19)(H,17,18). The quantitative estimate of drug-likeness (QED) is 0.710. The second-order valence-corrected chi connectivity index (χ2v) is 4.74. The lowest BCUT2D eigenvalue weighted by atomic mass is 10.0. The molecule has 0 spiro atoms. The second kappa shape index (κ2) is 6.89. The molecule has 5 heteroatoms. The first kappa shape index (κ1) is 15.2. The summed E-state index contributed by atoms with van der Waals surface area (Å²) in [5, 5.41) is 11.3. The van der Waals surface area contributed by atoms with E-state index in [0.717, 1.165) is 5.56 Å². The molecule has 0 heterocycles. The van der Waals surface area contributed by atoms with Crippen LogP contribution in [0, 0.1) is 6.92 Å². The van der Waals surface area contributed by atoms with Gasteiger partial charge in [-0.3, -0.25) is 9.59 Å². The number of hydrogen-bond acceptors (Lipinski definition) is 3. The van der Waals surface area contributed by atoms with Crippen LogP contribution in [0.5, 0.6) is 0 Å². The number of nitrogens with one attached hydrogen (secondary N) is 1. The van der Waals surface area contributed by atoms with E-state index in [1.807, 2.05) is 38.1 Å². The number of carboxylic acids is 1. The number of carbonyl (C=O) groups is 2. The van der Waals surface area contributed by atoms with Crippen LogP contribution < -0.4 is 11.1 Å². The molecule has 19 heavy (non-hydrogen) atoms. The number of carboxylic acid groups (broad SMARTS) is 1. The Morgan fingerprint density at radius 1 is 1.37 bits per heavy atom. The third kappa shape index (κ3) is 5.09. The molecule has 0 fully saturated rings. The van der Waals surface area contributed by atoms with Gasteiger partial charge >= 0.3 is 5.97 Å². The number of rotatable bonds is 6. The zero-order valence-electron chi connectivity index (χ0n) is 11.2. The van der Waals surface area contributed by atoms with E-state index in [0.29, 0.717) is 6.42 Å². The van der Waals surface area contributed by atoms with Gasteiger partial charge in [0.15, 0.2) is 0 Å². The van der Waals surface area contributed by atoms with Crippen molar-refractivity contribution in [1.29, 1.82) is 0 Å². The predicted molar refractivity (Wildman–Crippen MR) is 72.7 cm³/mol. The zero-order valence-corrected chi connectivity index (χ0v) is 11.2. The molecule has 0 aliphatic carbocycles. The average Bonchev–Trinajstić information content (AvgIpc) is 2.31. The highest BCUT2D eigenvalue weighted by molar-refractivity contribution is 5.86. The molecule has 0 aliphatic heterocycles. The Kier molecular flexibility index (Phi) is 5.51. The van der Waals surface area contributed by atoms with Crippen LogP contribution in [-0.2, 0) is 16.0 Å². The fourth-order valence-corrected chi connectivity index (χ4v) is 1.85. The third-order valence-electron chi connectivity index (χ3n) is 2.91. The first-order chi connectivity index (χ1) is 8.90. The minimum Gasteiger partial charge on any atom is -0.481 e. The molecule has 0 radical (unpaired) electrons. The zero-order chi connectivity index (χ0) is 14.4. The maximum Gasteiger partial charge on any atom is 0.305 e.